The van der Waals surface area contributed by atoms with E-state index >= 15 is 0 Å². The van der Waals surface area contributed by atoms with Gasteiger partial charge in [0.15, 0.2) is 0 Å². The molecule has 6 heteroatoms. The first-order valence-corrected chi connectivity index (χ1v) is 8.11. The summed E-state index contributed by atoms with van der Waals surface area (Å²) in [5, 5.41) is 3.33. The van der Waals surface area contributed by atoms with E-state index in [2.05, 4.69) is 5.32 Å². The van der Waals surface area contributed by atoms with Crippen LogP contribution in [0.4, 0.5) is 9.39 Å². The standard InChI is InChI=1S/C17H16FNO3S/c1-9-13(10-5-7-12(18)8-6-10)14(17(21)22-2)16(23-9)19-15(20)11-3-4-11/h5-8,11H,3-4H2,1-2H3,(H,19,20). The predicted octanol–water partition coefficient (Wildman–Crippen LogP) is 4.00. The number of amides is 1. The number of rotatable bonds is 4. The number of thiophene rings is 1. The molecule has 0 bridgehead atoms. The lowest BCUT2D eigenvalue weighted by molar-refractivity contribution is -0.117. The number of anilines is 1. The number of halogens is 1. The quantitative estimate of drug-likeness (QED) is 0.861. The van der Waals surface area contributed by atoms with Gasteiger partial charge < -0.3 is 10.1 Å². The normalized spacial score (nSPS) is 13.7. The molecule has 1 heterocycles. The van der Waals surface area contributed by atoms with Crippen molar-refractivity contribution in [3.8, 4) is 11.1 Å². The molecule has 0 aliphatic heterocycles. The highest BCUT2D eigenvalue weighted by atomic mass is 32.1. The lowest BCUT2D eigenvalue weighted by Crippen LogP contribution is -2.15. The first-order chi connectivity index (χ1) is 11.0. The number of nitrogens with one attached hydrogen (secondary N) is 1. The van der Waals surface area contributed by atoms with Gasteiger partial charge in [0.1, 0.15) is 16.4 Å². The van der Waals surface area contributed by atoms with Crippen molar-refractivity contribution in [1.82, 2.24) is 0 Å². The molecule has 1 aliphatic carbocycles. The number of benzene rings is 1. The maximum absolute atomic E-state index is 13.2. The van der Waals surface area contributed by atoms with Crippen LogP contribution in [0, 0.1) is 18.7 Å². The topological polar surface area (TPSA) is 55.4 Å². The van der Waals surface area contributed by atoms with Gasteiger partial charge in [0.05, 0.1) is 7.11 Å². The van der Waals surface area contributed by atoms with Crippen molar-refractivity contribution < 1.29 is 18.7 Å². The summed E-state index contributed by atoms with van der Waals surface area (Å²) >= 11 is 1.33. The highest BCUT2D eigenvalue weighted by Crippen LogP contribution is 2.41. The van der Waals surface area contributed by atoms with E-state index in [0.29, 0.717) is 21.7 Å². The van der Waals surface area contributed by atoms with Crippen LogP contribution < -0.4 is 5.32 Å². The van der Waals surface area contributed by atoms with Gasteiger partial charge in [-0.05, 0) is 37.5 Å². The van der Waals surface area contributed by atoms with Crippen LogP contribution >= 0.6 is 11.3 Å². The molecule has 1 fully saturated rings. The van der Waals surface area contributed by atoms with Gasteiger partial charge in [0.25, 0.3) is 0 Å². The third-order valence-corrected chi connectivity index (χ3v) is 4.81. The number of carbonyl (C=O) groups is 2. The number of hydrogen-bond acceptors (Lipinski definition) is 4. The maximum atomic E-state index is 13.2. The molecule has 1 N–H and O–H groups in total. The molecule has 0 radical (unpaired) electrons. The third-order valence-electron chi connectivity index (χ3n) is 3.79. The number of methoxy groups -OCH3 is 1. The molecule has 1 amide bonds. The molecule has 3 rings (SSSR count). The first-order valence-electron chi connectivity index (χ1n) is 7.29. The lowest BCUT2D eigenvalue weighted by Gasteiger charge is -2.08. The summed E-state index contributed by atoms with van der Waals surface area (Å²) in [6, 6.07) is 5.92. The van der Waals surface area contributed by atoms with E-state index in [4.69, 9.17) is 4.74 Å². The SMILES string of the molecule is COC(=O)c1c(NC(=O)C2CC2)sc(C)c1-c1ccc(F)cc1. The van der Waals surface area contributed by atoms with Crippen LogP contribution in [0.5, 0.6) is 0 Å². The molecule has 4 nitrogen and oxygen atoms in total. The third kappa shape index (κ3) is 3.12. The van der Waals surface area contributed by atoms with Crippen molar-refractivity contribution in [3.63, 3.8) is 0 Å². The summed E-state index contributed by atoms with van der Waals surface area (Å²) in [7, 11) is 1.30. The van der Waals surface area contributed by atoms with Gasteiger partial charge in [-0.2, -0.15) is 0 Å². The molecule has 1 saturated carbocycles. The van der Waals surface area contributed by atoms with Gasteiger partial charge in [-0.1, -0.05) is 12.1 Å². The summed E-state index contributed by atoms with van der Waals surface area (Å²) < 4.78 is 18.0. The van der Waals surface area contributed by atoms with Crippen LogP contribution in [0.15, 0.2) is 24.3 Å². The highest BCUT2D eigenvalue weighted by molar-refractivity contribution is 7.17. The molecule has 2 aromatic rings. The number of ether oxygens (including phenoxy) is 1. The monoisotopic (exact) mass is 333 g/mol. The predicted molar refractivity (Wildman–Crippen MR) is 87.1 cm³/mol. The molecule has 1 aromatic heterocycles. The summed E-state index contributed by atoms with van der Waals surface area (Å²) in [4.78, 5) is 25.1. The Bertz CT molecular complexity index is 763. The number of esters is 1. The summed E-state index contributed by atoms with van der Waals surface area (Å²) in [5.41, 5.74) is 1.72. The zero-order chi connectivity index (χ0) is 16.6. The molecule has 23 heavy (non-hydrogen) atoms. The summed E-state index contributed by atoms with van der Waals surface area (Å²) in [5.74, 6) is -0.887. The molecule has 0 atom stereocenters. The van der Waals surface area contributed by atoms with Gasteiger partial charge in [-0.25, -0.2) is 9.18 Å². The Labute approximate surface area is 137 Å². The molecular weight excluding hydrogens is 317 g/mol. The van der Waals surface area contributed by atoms with Crippen LogP contribution in [-0.2, 0) is 9.53 Å². The molecule has 1 aromatic carbocycles. The molecular formula is C17H16FNO3S. The molecule has 0 saturated heterocycles. The van der Waals surface area contributed by atoms with E-state index in [0.717, 1.165) is 17.7 Å². The summed E-state index contributed by atoms with van der Waals surface area (Å²) in [6.45, 7) is 1.86. The van der Waals surface area contributed by atoms with E-state index < -0.39 is 5.97 Å². The molecule has 1 aliphatic rings. The smallest absolute Gasteiger partial charge is 0.341 e. The molecule has 0 unspecified atom stereocenters. The van der Waals surface area contributed by atoms with E-state index in [9.17, 15) is 14.0 Å². The fraction of sp³-hybridized carbons (Fsp3) is 0.294. The Morgan fingerprint density at radius 2 is 1.91 bits per heavy atom. The van der Waals surface area contributed by atoms with Gasteiger partial charge >= 0.3 is 5.97 Å². The minimum Gasteiger partial charge on any atom is -0.465 e. The van der Waals surface area contributed by atoms with E-state index in [1.165, 1.54) is 30.6 Å². The Kier molecular flexibility index (Phi) is 4.17. The lowest BCUT2D eigenvalue weighted by atomic mass is 10.0. The van der Waals surface area contributed by atoms with E-state index in [-0.39, 0.29) is 17.6 Å². The number of carbonyl (C=O) groups excluding carboxylic acids is 2. The maximum Gasteiger partial charge on any atom is 0.341 e. The van der Waals surface area contributed by atoms with Gasteiger partial charge in [-0.3, -0.25) is 4.79 Å². The Morgan fingerprint density at radius 3 is 2.48 bits per heavy atom. The van der Waals surface area contributed by atoms with E-state index in [1.807, 2.05) is 6.92 Å². The average molecular weight is 333 g/mol. The Hall–Kier alpha value is -2.21. The fourth-order valence-electron chi connectivity index (χ4n) is 2.45. The zero-order valence-corrected chi connectivity index (χ0v) is 13.6. The van der Waals surface area contributed by atoms with Gasteiger partial charge in [0, 0.05) is 16.4 Å². The average Bonchev–Trinajstić information content (AvgIpc) is 3.33. The second kappa shape index (κ2) is 6.12. The zero-order valence-electron chi connectivity index (χ0n) is 12.8. The van der Waals surface area contributed by atoms with Gasteiger partial charge in [0.2, 0.25) is 5.91 Å². The Balaban J connectivity index is 2.06. The first kappa shape index (κ1) is 15.7. The number of aryl methyl sites for hydroxylation is 1. The van der Waals surface area contributed by atoms with Crippen molar-refractivity contribution in [2.24, 2.45) is 5.92 Å². The number of hydrogen-bond donors (Lipinski definition) is 1. The molecule has 120 valence electrons. The van der Waals surface area contributed by atoms with Crippen molar-refractivity contribution >= 4 is 28.2 Å². The largest absolute Gasteiger partial charge is 0.465 e. The van der Waals surface area contributed by atoms with Crippen LogP contribution in [0.1, 0.15) is 28.1 Å². The molecule has 0 spiro atoms. The van der Waals surface area contributed by atoms with Crippen LogP contribution in [0.3, 0.4) is 0 Å². The van der Waals surface area contributed by atoms with Gasteiger partial charge in [-0.15, -0.1) is 11.3 Å². The fourth-order valence-corrected chi connectivity index (χ4v) is 3.52. The van der Waals surface area contributed by atoms with Crippen LogP contribution in [-0.4, -0.2) is 19.0 Å². The van der Waals surface area contributed by atoms with Crippen molar-refractivity contribution in [3.05, 3.63) is 40.5 Å². The van der Waals surface area contributed by atoms with Crippen molar-refractivity contribution in [1.29, 1.82) is 0 Å². The highest BCUT2D eigenvalue weighted by Gasteiger charge is 2.32. The van der Waals surface area contributed by atoms with Crippen LogP contribution in [0.2, 0.25) is 0 Å². The second-order valence-electron chi connectivity index (χ2n) is 5.50. The minimum atomic E-state index is -0.514. The van der Waals surface area contributed by atoms with E-state index in [1.54, 1.807) is 12.1 Å². The minimum absolute atomic E-state index is 0.0391. The second-order valence-corrected chi connectivity index (χ2v) is 6.72. The van der Waals surface area contributed by atoms with Crippen molar-refractivity contribution in [2.75, 3.05) is 12.4 Å². The Morgan fingerprint density at radius 1 is 1.26 bits per heavy atom. The van der Waals surface area contributed by atoms with Crippen LogP contribution in [0.25, 0.3) is 11.1 Å². The van der Waals surface area contributed by atoms with Crippen molar-refractivity contribution in [2.45, 2.75) is 19.8 Å². The summed E-state index contributed by atoms with van der Waals surface area (Å²) in [6.07, 6.45) is 1.77.